The van der Waals surface area contributed by atoms with Crippen LogP contribution in [0.15, 0.2) is 34.9 Å². The highest BCUT2D eigenvalue weighted by Gasteiger charge is 2.38. The number of rotatable bonds is 3. The molecule has 6 nitrogen and oxygen atoms in total. The van der Waals surface area contributed by atoms with Crippen LogP contribution in [0, 0.1) is 0 Å². The van der Waals surface area contributed by atoms with Crippen molar-refractivity contribution in [3.63, 3.8) is 0 Å². The Kier molecular flexibility index (Phi) is 4.06. The molecule has 2 aromatic rings. The number of ether oxygens (including phenoxy) is 1. The second-order valence-electron chi connectivity index (χ2n) is 6.58. The van der Waals surface area contributed by atoms with E-state index >= 15 is 0 Å². The SMILES string of the molecule is O=C1CC[C@@]2(CCCO2)CCN1Cc1noc(-c2ccccc2)n1. The summed E-state index contributed by atoms with van der Waals surface area (Å²) in [5.41, 5.74) is 0.799. The van der Waals surface area contributed by atoms with Crippen LogP contribution in [-0.4, -0.2) is 39.7 Å². The highest BCUT2D eigenvalue weighted by atomic mass is 16.5. The highest BCUT2D eigenvalue weighted by Crippen LogP contribution is 2.36. The first kappa shape index (κ1) is 15.3. The van der Waals surface area contributed by atoms with Crippen molar-refractivity contribution in [3.05, 3.63) is 36.2 Å². The maximum Gasteiger partial charge on any atom is 0.257 e. The van der Waals surface area contributed by atoms with E-state index in [0.717, 1.165) is 37.9 Å². The van der Waals surface area contributed by atoms with E-state index < -0.39 is 0 Å². The highest BCUT2D eigenvalue weighted by molar-refractivity contribution is 5.76. The molecular weight excluding hydrogens is 306 g/mol. The van der Waals surface area contributed by atoms with Gasteiger partial charge in [-0.1, -0.05) is 23.4 Å². The predicted octanol–water partition coefficient (Wildman–Crippen LogP) is 2.80. The lowest BCUT2D eigenvalue weighted by Crippen LogP contribution is -2.32. The molecular formula is C18H21N3O3. The number of aromatic nitrogens is 2. The van der Waals surface area contributed by atoms with Crippen molar-refractivity contribution in [1.82, 2.24) is 15.0 Å². The molecule has 0 bridgehead atoms. The standard InChI is InChI=1S/C18H21N3O3/c22-16-7-9-18(8-4-12-23-18)10-11-21(16)13-15-19-17(24-20-15)14-5-2-1-3-6-14/h1-3,5-6H,4,7-13H2/t18-/m0/s1. The van der Waals surface area contributed by atoms with Crippen LogP contribution >= 0.6 is 0 Å². The van der Waals surface area contributed by atoms with E-state index in [1.54, 1.807) is 0 Å². The van der Waals surface area contributed by atoms with E-state index in [-0.39, 0.29) is 11.5 Å². The van der Waals surface area contributed by atoms with Crippen LogP contribution in [-0.2, 0) is 16.1 Å². The monoisotopic (exact) mass is 327 g/mol. The number of benzene rings is 1. The summed E-state index contributed by atoms with van der Waals surface area (Å²) in [5, 5.41) is 4.03. The predicted molar refractivity (Wildman–Crippen MR) is 86.9 cm³/mol. The van der Waals surface area contributed by atoms with Crippen LogP contribution in [0.4, 0.5) is 0 Å². The van der Waals surface area contributed by atoms with E-state index in [1.165, 1.54) is 0 Å². The Morgan fingerprint density at radius 1 is 1.17 bits per heavy atom. The topological polar surface area (TPSA) is 68.5 Å². The molecule has 1 spiro atoms. The summed E-state index contributed by atoms with van der Waals surface area (Å²) < 4.78 is 11.3. The van der Waals surface area contributed by atoms with Gasteiger partial charge in [-0.3, -0.25) is 4.79 Å². The number of likely N-dealkylation sites (tertiary alicyclic amines) is 1. The van der Waals surface area contributed by atoms with Crippen LogP contribution in [0.3, 0.4) is 0 Å². The molecule has 0 unspecified atom stereocenters. The van der Waals surface area contributed by atoms with Gasteiger partial charge in [-0.25, -0.2) is 0 Å². The fourth-order valence-electron chi connectivity index (χ4n) is 3.58. The van der Waals surface area contributed by atoms with Crippen molar-refractivity contribution in [1.29, 1.82) is 0 Å². The Hall–Kier alpha value is -2.21. The first-order valence-corrected chi connectivity index (χ1v) is 8.54. The average molecular weight is 327 g/mol. The fraction of sp³-hybridized carbons (Fsp3) is 0.500. The maximum absolute atomic E-state index is 12.4. The average Bonchev–Trinajstić information content (AvgIpc) is 3.24. The van der Waals surface area contributed by atoms with E-state index in [0.29, 0.717) is 31.2 Å². The molecule has 2 aliphatic rings. The molecule has 2 saturated heterocycles. The van der Waals surface area contributed by atoms with Gasteiger partial charge in [-0.05, 0) is 37.8 Å². The molecule has 4 rings (SSSR count). The van der Waals surface area contributed by atoms with Gasteiger partial charge >= 0.3 is 0 Å². The third-order valence-electron chi connectivity index (χ3n) is 4.99. The minimum Gasteiger partial charge on any atom is -0.375 e. The van der Waals surface area contributed by atoms with Crippen molar-refractivity contribution in [2.24, 2.45) is 0 Å². The first-order valence-electron chi connectivity index (χ1n) is 8.54. The van der Waals surface area contributed by atoms with Crippen molar-refractivity contribution >= 4 is 5.91 Å². The van der Waals surface area contributed by atoms with Gasteiger partial charge in [0, 0.05) is 25.1 Å². The third-order valence-corrected chi connectivity index (χ3v) is 4.99. The molecule has 126 valence electrons. The lowest BCUT2D eigenvalue weighted by Gasteiger charge is -2.26. The first-order chi connectivity index (χ1) is 11.7. The Morgan fingerprint density at radius 2 is 2.04 bits per heavy atom. The van der Waals surface area contributed by atoms with Crippen LogP contribution < -0.4 is 0 Å². The lowest BCUT2D eigenvalue weighted by atomic mass is 9.92. The molecule has 0 saturated carbocycles. The van der Waals surface area contributed by atoms with E-state index in [4.69, 9.17) is 9.26 Å². The zero-order valence-corrected chi connectivity index (χ0v) is 13.6. The molecule has 1 atom stereocenters. The smallest absolute Gasteiger partial charge is 0.257 e. The van der Waals surface area contributed by atoms with Crippen LogP contribution in [0.2, 0.25) is 0 Å². The van der Waals surface area contributed by atoms with Gasteiger partial charge in [0.15, 0.2) is 5.82 Å². The summed E-state index contributed by atoms with van der Waals surface area (Å²) >= 11 is 0. The van der Waals surface area contributed by atoms with Gasteiger partial charge < -0.3 is 14.2 Å². The van der Waals surface area contributed by atoms with Gasteiger partial charge in [-0.2, -0.15) is 4.98 Å². The van der Waals surface area contributed by atoms with Crippen molar-refractivity contribution < 1.29 is 14.1 Å². The zero-order chi connectivity index (χ0) is 16.4. The normalized spacial score (nSPS) is 24.5. The van der Waals surface area contributed by atoms with E-state index in [1.807, 2.05) is 35.2 Å². The molecule has 0 aliphatic carbocycles. The second kappa shape index (κ2) is 6.36. The van der Waals surface area contributed by atoms with Gasteiger partial charge in [0.25, 0.3) is 5.89 Å². The number of carbonyl (C=O) groups excluding carboxylic acids is 1. The minimum absolute atomic E-state index is 0.0864. The van der Waals surface area contributed by atoms with Crippen molar-refractivity contribution in [2.45, 2.75) is 44.2 Å². The number of carbonyl (C=O) groups is 1. The van der Waals surface area contributed by atoms with Crippen LogP contribution in [0.25, 0.3) is 11.5 Å². The molecule has 1 amide bonds. The molecule has 1 aromatic heterocycles. The summed E-state index contributed by atoms with van der Waals surface area (Å²) in [5.74, 6) is 1.18. The summed E-state index contributed by atoms with van der Waals surface area (Å²) in [6, 6.07) is 9.65. The van der Waals surface area contributed by atoms with Gasteiger partial charge in [-0.15, -0.1) is 0 Å². The Balaban J connectivity index is 1.45. The molecule has 3 heterocycles. The van der Waals surface area contributed by atoms with Crippen LogP contribution in [0.1, 0.15) is 37.9 Å². The summed E-state index contributed by atoms with van der Waals surface area (Å²) in [6.07, 6.45) is 4.41. The number of hydrogen-bond acceptors (Lipinski definition) is 5. The molecule has 24 heavy (non-hydrogen) atoms. The minimum atomic E-state index is -0.0864. The number of nitrogens with zero attached hydrogens (tertiary/aromatic N) is 3. The molecule has 1 aromatic carbocycles. The maximum atomic E-state index is 12.4. The largest absolute Gasteiger partial charge is 0.375 e. The quantitative estimate of drug-likeness (QED) is 0.867. The Morgan fingerprint density at radius 3 is 2.83 bits per heavy atom. The van der Waals surface area contributed by atoms with Crippen LogP contribution in [0.5, 0.6) is 0 Å². The summed E-state index contributed by atoms with van der Waals surface area (Å²) in [6.45, 7) is 1.90. The Labute approximate surface area is 140 Å². The number of amides is 1. The third kappa shape index (κ3) is 3.06. The second-order valence-corrected chi connectivity index (χ2v) is 6.58. The van der Waals surface area contributed by atoms with Gasteiger partial charge in [0.1, 0.15) is 0 Å². The summed E-state index contributed by atoms with van der Waals surface area (Å²) in [4.78, 5) is 18.7. The molecule has 0 N–H and O–H groups in total. The lowest BCUT2D eigenvalue weighted by molar-refractivity contribution is -0.131. The van der Waals surface area contributed by atoms with Crippen molar-refractivity contribution in [3.8, 4) is 11.5 Å². The number of hydrogen-bond donors (Lipinski definition) is 0. The fourth-order valence-corrected chi connectivity index (χ4v) is 3.58. The van der Waals surface area contributed by atoms with E-state index in [9.17, 15) is 4.79 Å². The molecule has 2 fully saturated rings. The Bertz CT molecular complexity index is 707. The molecule has 0 radical (unpaired) electrons. The van der Waals surface area contributed by atoms with Crippen molar-refractivity contribution in [2.75, 3.05) is 13.2 Å². The molecule has 6 heteroatoms. The van der Waals surface area contributed by atoms with Gasteiger partial charge in [0.2, 0.25) is 5.91 Å². The van der Waals surface area contributed by atoms with E-state index in [2.05, 4.69) is 10.1 Å². The molecule has 2 aliphatic heterocycles. The zero-order valence-electron chi connectivity index (χ0n) is 13.6. The summed E-state index contributed by atoms with van der Waals surface area (Å²) in [7, 11) is 0. The van der Waals surface area contributed by atoms with Gasteiger partial charge in [0.05, 0.1) is 12.1 Å².